The van der Waals surface area contributed by atoms with E-state index in [4.69, 9.17) is 0 Å². The van der Waals surface area contributed by atoms with E-state index in [9.17, 15) is 24.6 Å². The van der Waals surface area contributed by atoms with Crippen LogP contribution in [0.15, 0.2) is 76.9 Å². The average molecular weight is 503 g/mol. The third kappa shape index (κ3) is 4.51. The summed E-state index contributed by atoms with van der Waals surface area (Å²) in [6, 6.07) is 22.0. The maximum absolute atomic E-state index is 13.1. The third-order valence-electron chi connectivity index (χ3n) is 6.11. The predicted molar refractivity (Wildman–Crippen MR) is 135 cm³/mol. The summed E-state index contributed by atoms with van der Waals surface area (Å²) >= 11 is 1.18. The van der Waals surface area contributed by atoms with E-state index in [0.29, 0.717) is 23.7 Å². The molecule has 4 N–H and O–H groups in total. The lowest BCUT2D eigenvalue weighted by molar-refractivity contribution is -0.125. The van der Waals surface area contributed by atoms with E-state index >= 15 is 0 Å². The Kier molecular flexibility index (Phi) is 6.36. The molecule has 1 aliphatic rings. The summed E-state index contributed by atoms with van der Waals surface area (Å²) in [7, 11) is 0. The number of rotatable bonds is 7. The van der Waals surface area contributed by atoms with Gasteiger partial charge in [-0.05, 0) is 22.6 Å². The molecule has 2 aromatic heterocycles. The lowest BCUT2D eigenvalue weighted by Gasteiger charge is -2.44. The molecule has 2 aromatic carbocycles. The molecule has 4 aromatic rings. The minimum Gasteiger partial charge on any atom is -0.501 e. The van der Waals surface area contributed by atoms with Crippen LogP contribution in [0.5, 0.6) is 5.75 Å². The number of hydrogen-bond donors (Lipinski definition) is 4. The SMILES string of the molecule is O=C(O)c1nc(-c2sccc2NC(=O)C2CN(C(c3ccccc3)c3ccccc3)C2)[nH]c(=O)c1O. The number of aromatic carboxylic acids is 1. The van der Waals surface area contributed by atoms with Crippen molar-refractivity contribution in [3.05, 3.63) is 99.3 Å². The Hall–Kier alpha value is -4.28. The smallest absolute Gasteiger partial charge is 0.358 e. The van der Waals surface area contributed by atoms with Crippen LogP contribution in [-0.4, -0.2) is 50.0 Å². The number of H-pyrrole nitrogens is 1. The van der Waals surface area contributed by atoms with Gasteiger partial charge < -0.3 is 20.5 Å². The normalized spacial score (nSPS) is 13.9. The van der Waals surface area contributed by atoms with Crippen molar-refractivity contribution in [2.24, 2.45) is 5.92 Å². The van der Waals surface area contributed by atoms with Gasteiger partial charge in [0.05, 0.1) is 22.5 Å². The molecule has 9 nitrogen and oxygen atoms in total. The molecule has 0 saturated carbocycles. The van der Waals surface area contributed by atoms with Crippen molar-refractivity contribution in [1.82, 2.24) is 14.9 Å². The molecule has 0 bridgehead atoms. The zero-order chi connectivity index (χ0) is 25.2. The first-order chi connectivity index (χ1) is 17.4. The van der Waals surface area contributed by atoms with Crippen molar-refractivity contribution in [3.63, 3.8) is 0 Å². The minimum atomic E-state index is -1.53. The maximum Gasteiger partial charge on any atom is 0.358 e. The molecule has 182 valence electrons. The van der Waals surface area contributed by atoms with Gasteiger partial charge >= 0.3 is 5.97 Å². The van der Waals surface area contributed by atoms with Gasteiger partial charge in [0, 0.05) is 13.1 Å². The van der Waals surface area contributed by atoms with Crippen LogP contribution in [0.4, 0.5) is 5.69 Å². The van der Waals surface area contributed by atoms with Crippen LogP contribution < -0.4 is 10.9 Å². The number of benzene rings is 2. The Balaban J connectivity index is 1.32. The monoisotopic (exact) mass is 502 g/mol. The van der Waals surface area contributed by atoms with Gasteiger partial charge in [-0.15, -0.1) is 11.3 Å². The fourth-order valence-corrected chi connectivity index (χ4v) is 5.12. The second-order valence-corrected chi connectivity index (χ2v) is 9.36. The first-order valence-electron chi connectivity index (χ1n) is 11.2. The molecular weight excluding hydrogens is 480 g/mol. The van der Waals surface area contributed by atoms with Crippen LogP contribution in [0.1, 0.15) is 27.7 Å². The van der Waals surface area contributed by atoms with E-state index in [0.717, 1.165) is 11.1 Å². The van der Waals surface area contributed by atoms with E-state index in [2.05, 4.69) is 44.5 Å². The largest absolute Gasteiger partial charge is 0.501 e. The molecule has 10 heteroatoms. The number of nitrogens with zero attached hydrogens (tertiary/aromatic N) is 2. The van der Waals surface area contributed by atoms with Gasteiger partial charge in [0.2, 0.25) is 11.7 Å². The number of carboxylic acid groups (broad SMARTS) is 1. The van der Waals surface area contributed by atoms with Crippen LogP contribution in [0, 0.1) is 5.92 Å². The Morgan fingerprint density at radius 1 is 1.03 bits per heavy atom. The summed E-state index contributed by atoms with van der Waals surface area (Å²) in [4.78, 5) is 45.3. The summed E-state index contributed by atoms with van der Waals surface area (Å²) in [6.07, 6.45) is 0. The van der Waals surface area contributed by atoms with Gasteiger partial charge in [-0.2, -0.15) is 0 Å². The van der Waals surface area contributed by atoms with E-state index in [1.165, 1.54) is 11.3 Å². The Bertz CT molecular complexity index is 1420. The van der Waals surface area contributed by atoms with Crippen LogP contribution >= 0.6 is 11.3 Å². The molecule has 0 aliphatic carbocycles. The van der Waals surface area contributed by atoms with Crippen molar-refractivity contribution in [3.8, 4) is 16.5 Å². The molecule has 5 rings (SSSR count). The molecule has 0 atom stereocenters. The summed E-state index contributed by atoms with van der Waals surface area (Å²) < 4.78 is 0. The van der Waals surface area contributed by atoms with Crippen molar-refractivity contribution in [1.29, 1.82) is 0 Å². The number of aromatic hydroxyl groups is 1. The molecule has 1 saturated heterocycles. The molecular formula is C26H22N4O5S. The first-order valence-corrected chi connectivity index (χ1v) is 12.1. The highest BCUT2D eigenvalue weighted by Gasteiger charge is 2.38. The fourth-order valence-electron chi connectivity index (χ4n) is 4.32. The molecule has 0 spiro atoms. The Morgan fingerprint density at radius 3 is 2.22 bits per heavy atom. The number of aromatic nitrogens is 2. The summed E-state index contributed by atoms with van der Waals surface area (Å²) in [5.41, 5.74) is 1.00. The predicted octanol–water partition coefficient (Wildman–Crippen LogP) is 3.56. The summed E-state index contributed by atoms with van der Waals surface area (Å²) in [6.45, 7) is 1.13. The van der Waals surface area contributed by atoms with Gasteiger partial charge in [-0.1, -0.05) is 60.7 Å². The van der Waals surface area contributed by atoms with Gasteiger partial charge in [0.1, 0.15) is 0 Å². The zero-order valence-electron chi connectivity index (χ0n) is 18.9. The van der Waals surface area contributed by atoms with Gasteiger partial charge in [0.15, 0.2) is 11.5 Å². The molecule has 0 unspecified atom stereocenters. The van der Waals surface area contributed by atoms with Crippen LogP contribution in [0.25, 0.3) is 10.7 Å². The average Bonchev–Trinajstić information content (AvgIpc) is 3.31. The quantitative estimate of drug-likeness (QED) is 0.303. The van der Waals surface area contributed by atoms with E-state index < -0.39 is 23.0 Å². The number of carboxylic acids is 1. The number of likely N-dealkylation sites (tertiary alicyclic amines) is 1. The number of amides is 1. The summed E-state index contributed by atoms with van der Waals surface area (Å²) in [5.74, 6) is -2.94. The number of hydrogen-bond acceptors (Lipinski definition) is 7. The molecule has 0 radical (unpaired) electrons. The minimum absolute atomic E-state index is 0.0360. The Labute approximate surface area is 209 Å². The first kappa shape index (κ1) is 23.5. The fraction of sp³-hybridized carbons (Fsp3) is 0.154. The molecule has 1 aliphatic heterocycles. The topological polar surface area (TPSA) is 136 Å². The third-order valence-corrected chi connectivity index (χ3v) is 7.03. The molecule has 36 heavy (non-hydrogen) atoms. The van der Waals surface area contributed by atoms with Crippen molar-refractivity contribution < 1.29 is 19.8 Å². The van der Waals surface area contributed by atoms with Crippen LogP contribution in [0.2, 0.25) is 0 Å². The molecule has 1 amide bonds. The number of aromatic amines is 1. The van der Waals surface area contributed by atoms with Gasteiger partial charge in [0.25, 0.3) is 5.56 Å². The van der Waals surface area contributed by atoms with Gasteiger partial charge in [-0.25, -0.2) is 9.78 Å². The summed E-state index contributed by atoms with van der Waals surface area (Å²) in [5, 5.41) is 23.5. The second-order valence-electron chi connectivity index (χ2n) is 8.44. The lowest BCUT2D eigenvalue weighted by Crippen LogP contribution is -2.53. The number of nitrogens with one attached hydrogen (secondary N) is 2. The standard InChI is InChI=1S/C26H22N4O5S/c31-21-19(26(34)35)28-23(29-25(21)33)22-18(11-12-36-22)27-24(32)17-13-30(14-17)20(15-7-3-1-4-8-15)16-9-5-2-6-10-16/h1-12,17,20,31H,13-14H2,(H,27,32)(H,34,35)(H,28,29,33). The van der Waals surface area contributed by atoms with Crippen molar-refractivity contribution in [2.75, 3.05) is 18.4 Å². The molecule has 1 fully saturated rings. The Morgan fingerprint density at radius 2 is 1.64 bits per heavy atom. The number of thiophene rings is 1. The van der Waals surface area contributed by atoms with E-state index in [1.54, 1.807) is 11.4 Å². The lowest BCUT2D eigenvalue weighted by atomic mass is 9.90. The van der Waals surface area contributed by atoms with Crippen molar-refractivity contribution in [2.45, 2.75) is 6.04 Å². The van der Waals surface area contributed by atoms with Gasteiger partial charge in [-0.3, -0.25) is 14.5 Å². The molecule has 3 heterocycles. The van der Waals surface area contributed by atoms with Crippen LogP contribution in [-0.2, 0) is 4.79 Å². The maximum atomic E-state index is 13.1. The zero-order valence-corrected chi connectivity index (χ0v) is 19.7. The van der Waals surface area contributed by atoms with E-state index in [-0.39, 0.29) is 23.7 Å². The highest BCUT2D eigenvalue weighted by atomic mass is 32.1. The van der Waals surface area contributed by atoms with Crippen molar-refractivity contribution >= 4 is 28.9 Å². The highest BCUT2D eigenvalue weighted by Crippen LogP contribution is 2.36. The highest BCUT2D eigenvalue weighted by molar-refractivity contribution is 7.14. The number of carbonyl (C=O) groups is 2. The number of anilines is 1. The number of carbonyl (C=O) groups excluding carboxylic acids is 1. The second kappa shape index (κ2) is 9.76. The van der Waals surface area contributed by atoms with E-state index in [1.807, 2.05) is 36.4 Å². The van der Waals surface area contributed by atoms with Crippen LogP contribution in [0.3, 0.4) is 0 Å².